The summed E-state index contributed by atoms with van der Waals surface area (Å²) in [6.45, 7) is 3.92. The Morgan fingerprint density at radius 1 is 1.24 bits per heavy atom. The Hall–Kier alpha value is -2.60. The third kappa shape index (κ3) is 5.46. The monoisotopic (exact) mass is 358 g/mol. The lowest BCUT2D eigenvalue weighted by atomic mass is 10.2. The molecule has 25 heavy (non-hydrogen) atoms. The molecule has 0 spiro atoms. The number of nitrogens with two attached hydrogens (primary N) is 1. The summed E-state index contributed by atoms with van der Waals surface area (Å²) in [5.41, 5.74) is 5.90. The van der Waals surface area contributed by atoms with Gasteiger partial charge in [0.2, 0.25) is 5.91 Å². The Kier molecular flexibility index (Phi) is 6.36. The Bertz CT molecular complexity index is 765. The number of carbonyl (C=O) groups excluding carboxylic acids is 2. The standard InChI is InChI=1S/C19H22N2O3S/c1-13-4-10-17(25-13)14(2)21(3)19(23)11-7-15-5-8-16(9-6-15)24-12-18(20)22/h4-11,14H,12H2,1-3H3,(H2,20,22)/b11-7-/t14-/m1/s1. The van der Waals surface area contributed by atoms with E-state index in [0.717, 1.165) is 10.4 Å². The van der Waals surface area contributed by atoms with Crippen molar-refractivity contribution < 1.29 is 14.3 Å². The molecule has 0 unspecified atom stereocenters. The van der Waals surface area contributed by atoms with E-state index >= 15 is 0 Å². The maximum absolute atomic E-state index is 12.4. The van der Waals surface area contributed by atoms with Crippen molar-refractivity contribution in [2.75, 3.05) is 13.7 Å². The summed E-state index contributed by atoms with van der Waals surface area (Å²) >= 11 is 1.70. The van der Waals surface area contributed by atoms with E-state index in [-0.39, 0.29) is 18.6 Å². The van der Waals surface area contributed by atoms with Crippen LogP contribution >= 0.6 is 11.3 Å². The van der Waals surface area contributed by atoms with E-state index in [1.807, 2.05) is 19.1 Å². The average Bonchev–Trinajstić information content (AvgIpc) is 3.03. The van der Waals surface area contributed by atoms with Gasteiger partial charge in [-0.25, -0.2) is 0 Å². The van der Waals surface area contributed by atoms with Gasteiger partial charge in [-0.1, -0.05) is 12.1 Å². The first kappa shape index (κ1) is 18.7. The van der Waals surface area contributed by atoms with Crippen molar-refractivity contribution >= 4 is 29.2 Å². The zero-order valence-electron chi connectivity index (χ0n) is 14.6. The summed E-state index contributed by atoms with van der Waals surface area (Å²) in [7, 11) is 1.80. The van der Waals surface area contributed by atoms with Gasteiger partial charge in [0, 0.05) is 22.9 Å². The van der Waals surface area contributed by atoms with Gasteiger partial charge >= 0.3 is 0 Å². The number of likely N-dealkylation sites (N-methyl/N-ethyl adjacent to an activating group) is 1. The van der Waals surface area contributed by atoms with Gasteiger partial charge in [0.05, 0.1) is 6.04 Å². The molecular weight excluding hydrogens is 336 g/mol. The second-order valence-corrected chi connectivity index (χ2v) is 7.05. The first-order chi connectivity index (χ1) is 11.9. The minimum atomic E-state index is -0.521. The number of carbonyl (C=O) groups is 2. The van der Waals surface area contributed by atoms with E-state index in [2.05, 4.69) is 19.1 Å². The lowest BCUT2D eigenvalue weighted by molar-refractivity contribution is -0.126. The van der Waals surface area contributed by atoms with Crippen LogP contribution < -0.4 is 10.5 Å². The van der Waals surface area contributed by atoms with E-state index in [0.29, 0.717) is 5.75 Å². The Morgan fingerprint density at radius 3 is 2.48 bits per heavy atom. The summed E-state index contributed by atoms with van der Waals surface area (Å²) in [6, 6.07) is 11.2. The highest BCUT2D eigenvalue weighted by atomic mass is 32.1. The molecule has 2 amide bonds. The van der Waals surface area contributed by atoms with Crippen LogP contribution in [0.3, 0.4) is 0 Å². The van der Waals surface area contributed by atoms with Crippen molar-refractivity contribution in [3.63, 3.8) is 0 Å². The predicted molar refractivity (Wildman–Crippen MR) is 100 cm³/mol. The molecule has 1 aromatic carbocycles. The lowest BCUT2D eigenvalue weighted by Gasteiger charge is -2.22. The predicted octanol–water partition coefficient (Wildman–Crippen LogP) is 3.15. The van der Waals surface area contributed by atoms with E-state index in [1.165, 1.54) is 4.88 Å². The molecule has 132 valence electrons. The van der Waals surface area contributed by atoms with Crippen LogP contribution in [0.25, 0.3) is 6.08 Å². The Morgan fingerprint density at radius 2 is 1.92 bits per heavy atom. The summed E-state index contributed by atoms with van der Waals surface area (Å²) in [5, 5.41) is 0. The fourth-order valence-corrected chi connectivity index (χ4v) is 3.15. The summed E-state index contributed by atoms with van der Waals surface area (Å²) < 4.78 is 5.20. The van der Waals surface area contributed by atoms with Gasteiger partial charge < -0.3 is 15.4 Å². The van der Waals surface area contributed by atoms with Gasteiger partial charge in [0.1, 0.15) is 5.75 Å². The van der Waals surface area contributed by atoms with Gasteiger partial charge in [-0.15, -0.1) is 11.3 Å². The number of rotatable bonds is 7. The van der Waals surface area contributed by atoms with Crippen molar-refractivity contribution in [3.8, 4) is 5.75 Å². The zero-order chi connectivity index (χ0) is 18.4. The van der Waals surface area contributed by atoms with E-state index in [9.17, 15) is 9.59 Å². The highest BCUT2D eigenvalue weighted by Crippen LogP contribution is 2.26. The highest BCUT2D eigenvalue weighted by Gasteiger charge is 2.16. The van der Waals surface area contributed by atoms with E-state index < -0.39 is 5.91 Å². The molecule has 5 nitrogen and oxygen atoms in total. The number of aryl methyl sites for hydroxylation is 1. The molecule has 0 aliphatic carbocycles. The average molecular weight is 358 g/mol. The maximum Gasteiger partial charge on any atom is 0.255 e. The topological polar surface area (TPSA) is 72.6 Å². The molecule has 0 saturated carbocycles. The van der Waals surface area contributed by atoms with Gasteiger partial charge in [-0.05, 0) is 49.8 Å². The number of hydrogen-bond donors (Lipinski definition) is 1. The van der Waals surface area contributed by atoms with Crippen LogP contribution in [0.5, 0.6) is 5.75 Å². The molecule has 6 heteroatoms. The summed E-state index contributed by atoms with van der Waals surface area (Å²) in [5.74, 6) is -0.0265. The number of primary amides is 1. The van der Waals surface area contributed by atoms with Crippen LogP contribution in [0, 0.1) is 6.92 Å². The van der Waals surface area contributed by atoms with Crippen LogP contribution in [-0.4, -0.2) is 30.4 Å². The van der Waals surface area contributed by atoms with Gasteiger partial charge in [0.15, 0.2) is 6.61 Å². The Labute approximate surface area is 151 Å². The third-order valence-corrected chi connectivity index (χ3v) is 4.95. The number of ether oxygens (including phenoxy) is 1. The number of nitrogens with zero attached hydrogens (tertiary/aromatic N) is 1. The quantitative estimate of drug-likeness (QED) is 0.773. The van der Waals surface area contributed by atoms with Gasteiger partial charge in [-0.2, -0.15) is 0 Å². The smallest absolute Gasteiger partial charge is 0.255 e. The van der Waals surface area contributed by atoms with Crippen molar-refractivity contribution in [1.82, 2.24) is 4.90 Å². The van der Waals surface area contributed by atoms with Crippen LogP contribution in [0.2, 0.25) is 0 Å². The van der Waals surface area contributed by atoms with Crippen molar-refractivity contribution in [1.29, 1.82) is 0 Å². The lowest BCUT2D eigenvalue weighted by Crippen LogP contribution is -2.27. The fourth-order valence-electron chi connectivity index (χ4n) is 2.17. The molecule has 2 N–H and O–H groups in total. The van der Waals surface area contributed by atoms with Gasteiger partial charge in [-0.3, -0.25) is 9.59 Å². The normalized spacial score (nSPS) is 12.1. The molecule has 0 bridgehead atoms. The second kappa shape index (κ2) is 8.48. The van der Waals surface area contributed by atoms with E-state index in [4.69, 9.17) is 10.5 Å². The van der Waals surface area contributed by atoms with Crippen LogP contribution in [-0.2, 0) is 9.59 Å². The number of hydrogen-bond acceptors (Lipinski definition) is 4. The minimum absolute atomic E-state index is 0.0282. The highest BCUT2D eigenvalue weighted by molar-refractivity contribution is 7.12. The number of amides is 2. The first-order valence-corrected chi connectivity index (χ1v) is 8.71. The molecule has 0 fully saturated rings. The van der Waals surface area contributed by atoms with Crippen molar-refractivity contribution in [3.05, 3.63) is 57.8 Å². The molecule has 0 aliphatic rings. The number of thiophene rings is 1. The molecule has 2 rings (SSSR count). The SMILES string of the molecule is Cc1ccc([C@@H](C)N(C)C(=O)/C=C\c2ccc(OCC(N)=O)cc2)s1. The first-order valence-electron chi connectivity index (χ1n) is 7.89. The van der Waals surface area contributed by atoms with Crippen LogP contribution in [0.4, 0.5) is 0 Å². The zero-order valence-corrected chi connectivity index (χ0v) is 15.4. The number of benzene rings is 1. The second-order valence-electron chi connectivity index (χ2n) is 5.73. The van der Waals surface area contributed by atoms with Crippen molar-refractivity contribution in [2.45, 2.75) is 19.9 Å². The fraction of sp³-hybridized carbons (Fsp3) is 0.263. The summed E-state index contributed by atoms with van der Waals surface area (Å²) in [4.78, 5) is 27.1. The molecule has 1 aromatic heterocycles. The van der Waals surface area contributed by atoms with Crippen molar-refractivity contribution in [2.24, 2.45) is 5.73 Å². The maximum atomic E-state index is 12.4. The Balaban J connectivity index is 1.95. The molecule has 0 saturated heterocycles. The molecule has 2 aromatic rings. The largest absolute Gasteiger partial charge is 0.484 e. The molecule has 1 heterocycles. The third-order valence-electron chi connectivity index (χ3n) is 3.78. The van der Waals surface area contributed by atoms with Crippen LogP contribution in [0.1, 0.15) is 28.3 Å². The molecule has 0 radical (unpaired) electrons. The summed E-state index contributed by atoms with van der Waals surface area (Å²) in [6.07, 6.45) is 3.30. The van der Waals surface area contributed by atoms with E-state index in [1.54, 1.807) is 47.6 Å². The molecule has 1 atom stereocenters. The molecular formula is C19H22N2O3S. The minimum Gasteiger partial charge on any atom is -0.484 e. The van der Waals surface area contributed by atoms with Crippen LogP contribution in [0.15, 0.2) is 42.5 Å². The molecule has 0 aliphatic heterocycles. The van der Waals surface area contributed by atoms with Gasteiger partial charge in [0.25, 0.3) is 5.91 Å².